The van der Waals surface area contributed by atoms with Crippen molar-refractivity contribution in [1.29, 1.82) is 0 Å². The summed E-state index contributed by atoms with van der Waals surface area (Å²) < 4.78 is 31.4. The van der Waals surface area contributed by atoms with Crippen LogP contribution in [0.15, 0.2) is 30.3 Å². The van der Waals surface area contributed by atoms with Crippen molar-refractivity contribution in [3.05, 3.63) is 35.9 Å². The minimum Gasteiger partial charge on any atom is -0.380 e. The molecular formula is C33H53N5O10S. The number of morpholine rings is 1. The molecule has 0 spiro atoms. The maximum atomic E-state index is 13.6. The Bertz CT molecular complexity index is 1310. The van der Waals surface area contributed by atoms with E-state index in [2.05, 4.69) is 25.5 Å². The van der Waals surface area contributed by atoms with Gasteiger partial charge in [0, 0.05) is 13.1 Å². The molecule has 1 aliphatic rings. The highest BCUT2D eigenvalue weighted by Crippen LogP contribution is 2.15. The molecule has 49 heavy (non-hydrogen) atoms. The van der Waals surface area contributed by atoms with E-state index in [1.165, 1.54) is 0 Å². The number of ether oxygens (including phenoxy) is 1. The first-order chi connectivity index (χ1) is 23.1. The smallest absolute Gasteiger partial charge is 0.257 e. The summed E-state index contributed by atoms with van der Waals surface area (Å²) in [6.07, 6.45) is 1.16. The second-order valence-corrected chi connectivity index (χ2v) is 14.0. The van der Waals surface area contributed by atoms with Crippen LogP contribution in [0.3, 0.4) is 0 Å². The standard InChI is InChI=1S/C33H53N5O10S/c1-22(2)17-26(30(41)33(5,44)21-48-49(45)46)36-28(39)19-34-31(42)27(18-23(3)4)37-32(43)25(12-11-24-9-7-6-8-10-24)35-29(40)20-38-13-15-47-16-14-38/h6-10,22-23,25-27,44,49H,11-21H2,1-5H3,(H,34,42)(H,35,40)(H,36,39)(H,37,43)/t25-,26-,27-,33+/m0/s1. The van der Waals surface area contributed by atoms with Gasteiger partial charge in [-0.2, -0.15) is 0 Å². The lowest BCUT2D eigenvalue weighted by Crippen LogP contribution is -2.57. The lowest BCUT2D eigenvalue weighted by molar-refractivity contribution is -0.143. The van der Waals surface area contributed by atoms with Gasteiger partial charge in [0.05, 0.1) is 32.3 Å². The Hall–Kier alpha value is -3.44. The van der Waals surface area contributed by atoms with Crippen molar-refractivity contribution < 1.29 is 46.4 Å². The van der Waals surface area contributed by atoms with Gasteiger partial charge in [-0.05, 0) is 50.0 Å². The zero-order valence-corrected chi connectivity index (χ0v) is 30.0. The van der Waals surface area contributed by atoms with Crippen molar-refractivity contribution in [2.45, 2.75) is 84.0 Å². The summed E-state index contributed by atoms with van der Waals surface area (Å²) in [4.78, 5) is 67.7. The molecule has 4 atom stereocenters. The molecule has 1 aromatic rings. The third-order valence-electron chi connectivity index (χ3n) is 7.79. The second kappa shape index (κ2) is 20.9. The number of aliphatic hydroxyl groups is 1. The molecule has 15 nitrogen and oxygen atoms in total. The molecule has 0 aromatic heterocycles. The van der Waals surface area contributed by atoms with E-state index in [9.17, 15) is 37.5 Å². The molecule has 1 heterocycles. The van der Waals surface area contributed by atoms with E-state index in [0.29, 0.717) is 32.7 Å². The van der Waals surface area contributed by atoms with Gasteiger partial charge in [0.15, 0.2) is 5.78 Å². The van der Waals surface area contributed by atoms with E-state index in [-0.39, 0.29) is 43.6 Å². The number of amides is 4. The minimum atomic E-state index is -3.30. The molecule has 276 valence electrons. The molecule has 4 amide bonds. The van der Waals surface area contributed by atoms with Crippen LogP contribution in [0, 0.1) is 11.8 Å². The molecule has 0 bridgehead atoms. The molecule has 16 heteroatoms. The molecule has 1 saturated heterocycles. The zero-order valence-electron chi connectivity index (χ0n) is 29.1. The number of nitrogens with zero attached hydrogens (tertiary/aromatic N) is 1. The maximum Gasteiger partial charge on any atom is 0.257 e. The summed E-state index contributed by atoms with van der Waals surface area (Å²) in [5, 5.41) is 21.1. The predicted molar refractivity (Wildman–Crippen MR) is 182 cm³/mol. The van der Waals surface area contributed by atoms with E-state index in [1.54, 1.807) is 13.8 Å². The van der Waals surface area contributed by atoms with Gasteiger partial charge in [0.25, 0.3) is 11.0 Å². The van der Waals surface area contributed by atoms with Crippen molar-refractivity contribution in [3.63, 3.8) is 0 Å². The van der Waals surface area contributed by atoms with Crippen LogP contribution in [0.4, 0.5) is 0 Å². The molecule has 0 saturated carbocycles. The van der Waals surface area contributed by atoms with E-state index >= 15 is 0 Å². The highest BCUT2D eigenvalue weighted by Gasteiger charge is 2.38. The highest BCUT2D eigenvalue weighted by atomic mass is 32.2. The quantitative estimate of drug-likeness (QED) is 0.0894. The van der Waals surface area contributed by atoms with Crippen LogP contribution in [0.2, 0.25) is 0 Å². The van der Waals surface area contributed by atoms with Crippen LogP contribution in [0.1, 0.15) is 59.4 Å². The fraction of sp³-hybridized carbons (Fsp3) is 0.667. The summed E-state index contributed by atoms with van der Waals surface area (Å²) in [6.45, 7) is 9.41. The van der Waals surface area contributed by atoms with Gasteiger partial charge >= 0.3 is 0 Å². The van der Waals surface area contributed by atoms with E-state index in [4.69, 9.17) is 4.74 Å². The number of nitrogens with one attached hydrogen (secondary N) is 4. The number of hydrogen-bond acceptors (Lipinski definition) is 11. The van der Waals surface area contributed by atoms with Gasteiger partial charge in [0.2, 0.25) is 23.6 Å². The Balaban J connectivity index is 2.10. The molecule has 0 unspecified atom stereocenters. The summed E-state index contributed by atoms with van der Waals surface area (Å²) in [5.41, 5.74) is -1.22. The summed E-state index contributed by atoms with van der Waals surface area (Å²) >= 11 is 0. The van der Waals surface area contributed by atoms with Crippen molar-refractivity contribution in [2.75, 3.05) is 46.0 Å². The Labute approximate surface area is 290 Å². The van der Waals surface area contributed by atoms with Gasteiger partial charge < -0.3 is 31.1 Å². The topological polar surface area (TPSA) is 210 Å². The van der Waals surface area contributed by atoms with Gasteiger partial charge in [-0.25, -0.2) is 8.42 Å². The third-order valence-corrected chi connectivity index (χ3v) is 8.13. The molecule has 1 fully saturated rings. The third kappa shape index (κ3) is 16.2. The van der Waals surface area contributed by atoms with Crippen LogP contribution in [-0.4, -0.2) is 118 Å². The maximum absolute atomic E-state index is 13.6. The number of carbonyl (C=O) groups excluding carboxylic acids is 5. The Morgan fingerprint density at radius 1 is 0.878 bits per heavy atom. The molecule has 5 N–H and O–H groups in total. The fourth-order valence-electron chi connectivity index (χ4n) is 5.27. The summed E-state index contributed by atoms with van der Waals surface area (Å²) in [7, 11) is -3.30. The number of rotatable bonds is 21. The number of thiol groups is 1. The molecule has 0 radical (unpaired) electrons. The van der Waals surface area contributed by atoms with Gasteiger partial charge in [-0.15, -0.1) is 0 Å². The number of Topliss-reactive ketones (excluding diaryl/α,β-unsaturated/α-hetero) is 1. The van der Waals surface area contributed by atoms with Crippen LogP contribution in [-0.2, 0) is 50.3 Å². The number of carbonyl (C=O) groups is 5. The van der Waals surface area contributed by atoms with Gasteiger partial charge in [0.1, 0.15) is 24.3 Å². The normalized spacial score (nSPS) is 16.8. The minimum absolute atomic E-state index is 0.0229. The lowest BCUT2D eigenvalue weighted by atomic mass is 9.90. The first kappa shape index (κ1) is 41.7. The average Bonchev–Trinajstić information content (AvgIpc) is 3.04. The summed E-state index contributed by atoms with van der Waals surface area (Å²) in [6, 6.07) is 6.35. The molecular weight excluding hydrogens is 658 g/mol. The first-order valence-corrected chi connectivity index (χ1v) is 17.7. The van der Waals surface area contributed by atoms with Crippen LogP contribution in [0.5, 0.6) is 0 Å². The van der Waals surface area contributed by atoms with Crippen LogP contribution >= 0.6 is 0 Å². The number of ketones is 1. The van der Waals surface area contributed by atoms with Crippen LogP contribution < -0.4 is 21.3 Å². The number of benzene rings is 1. The lowest BCUT2D eigenvalue weighted by Gasteiger charge is -2.28. The Kier molecular flexibility index (Phi) is 17.8. The summed E-state index contributed by atoms with van der Waals surface area (Å²) in [5.74, 6) is -3.19. The zero-order chi connectivity index (χ0) is 36.6. The number of aryl methyl sites for hydroxylation is 1. The van der Waals surface area contributed by atoms with Crippen molar-refractivity contribution in [3.8, 4) is 0 Å². The van der Waals surface area contributed by atoms with E-state index in [1.807, 2.05) is 49.1 Å². The molecule has 1 aromatic carbocycles. The average molecular weight is 712 g/mol. The Morgan fingerprint density at radius 3 is 2.06 bits per heavy atom. The molecule has 1 aliphatic heterocycles. The second-order valence-electron chi connectivity index (χ2n) is 13.3. The van der Waals surface area contributed by atoms with Gasteiger partial charge in [-0.3, -0.25) is 33.1 Å². The SMILES string of the molecule is CC(C)C[C@H](NC(=O)[C@H](CCc1ccccc1)NC(=O)CN1CCOCC1)C(=O)NCC(=O)N[C@@H](CC(C)C)C(=O)[C@](C)(O)CO[SH](=O)=O. The van der Waals surface area contributed by atoms with E-state index < -0.39 is 71.4 Å². The molecule has 2 rings (SSSR count). The van der Waals surface area contributed by atoms with Crippen molar-refractivity contribution >= 4 is 40.4 Å². The predicted octanol–water partition coefficient (Wildman–Crippen LogP) is -0.523. The van der Waals surface area contributed by atoms with Crippen molar-refractivity contribution in [2.24, 2.45) is 11.8 Å². The van der Waals surface area contributed by atoms with Gasteiger partial charge in [-0.1, -0.05) is 58.0 Å². The number of hydrogen-bond donors (Lipinski definition) is 6. The first-order valence-electron chi connectivity index (χ1n) is 16.6. The van der Waals surface area contributed by atoms with Crippen molar-refractivity contribution in [1.82, 2.24) is 26.2 Å². The Morgan fingerprint density at radius 2 is 1.47 bits per heavy atom. The van der Waals surface area contributed by atoms with E-state index in [0.717, 1.165) is 12.5 Å². The largest absolute Gasteiger partial charge is 0.380 e. The fourth-order valence-corrected chi connectivity index (χ4v) is 5.62. The molecule has 0 aliphatic carbocycles. The monoisotopic (exact) mass is 711 g/mol. The highest BCUT2D eigenvalue weighted by molar-refractivity contribution is 7.67. The van der Waals surface area contributed by atoms with Crippen LogP contribution in [0.25, 0.3) is 0 Å².